The summed E-state index contributed by atoms with van der Waals surface area (Å²) < 4.78 is 34.0. The van der Waals surface area contributed by atoms with Crippen molar-refractivity contribution in [3.05, 3.63) is 36.4 Å². The third-order valence-corrected chi connectivity index (χ3v) is 13.0. The maximum Gasteiger partial charge on any atom is 0.316 e. The van der Waals surface area contributed by atoms with Gasteiger partial charge in [0.1, 0.15) is 29.4 Å². The van der Waals surface area contributed by atoms with E-state index in [9.17, 15) is 24.6 Å². The van der Waals surface area contributed by atoms with Crippen LogP contribution < -0.4 is 0 Å². The minimum Gasteiger partial charge on any atom is -0.459 e. The smallest absolute Gasteiger partial charge is 0.316 e. The molecule has 62 heavy (non-hydrogen) atoms. The first kappa shape index (κ1) is 47.4. The first-order valence-electron chi connectivity index (χ1n) is 21.9. The first-order valence-corrected chi connectivity index (χ1v) is 21.9. The largest absolute Gasteiger partial charge is 0.459 e. The number of hydrogen-bond donors (Lipinski definition) is 2. The molecule has 4 aliphatic rings. The number of Topliss-reactive ketones (excluding diaryl/α,β-unsaturated/α-hetero) is 1. The Morgan fingerprint density at radius 2 is 1.76 bits per heavy atom. The summed E-state index contributed by atoms with van der Waals surface area (Å²) in [6.07, 6.45) is 2.08. The van der Waals surface area contributed by atoms with E-state index in [0.717, 1.165) is 5.56 Å². The van der Waals surface area contributed by atoms with E-state index in [2.05, 4.69) is 20.2 Å². The molecule has 18 heteroatoms. The van der Waals surface area contributed by atoms with E-state index in [0.29, 0.717) is 30.9 Å². The molecule has 2 aromatic rings. The molecule has 2 aromatic heterocycles. The highest BCUT2D eigenvalue weighted by molar-refractivity contribution is 6.01. The van der Waals surface area contributed by atoms with Gasteiger partial charge in [-0.25, -0.2) is 19.6 Å². The molecule has 0 radical (unpaired) electrons. The Kier molecular flexibility index (Phi) is 15.1. The van der Waals surface area contributed by atoms with Crippen LogP contribution in [-0.2, 0) is 49.3 Å². The van der Waals surface area contributed by atoms with Crippen molar-refractivity contribution in [1.82, 2.24) is 24.6 Å². The molecule has 3 fully saturated rings. The number of rotatable bonds is 9. The second-order valence-electron chi connectivity index (χ2n) is 18.2. The molecule has 14 atom stereocenters. The number of amides is 1. The van der Waals surface area contributed by atoms with Crippen LogP contribution in [0.2, 0.25) is 0 Å². The fraction of sp³-hybridized carbons (Fsp3) is 0.727. The number of hydrogen-bond acceptors (Lipinski definition) is 16. The van der Waals surface area contributed by atoms with Gasteiger partial charge in [0.2, 0.25) is 12.1 Å². The van der Waals surface area contributed by atoms with Crippen molar-refractivity contribution in [2.75, 3.05) is 27.3 Å². The van der Waals surface area contributed by atoms with Gasteiger partial charge < -0.3 is 43.6 Å². The molecule has 18 nitrogen and oxygen atoms in total. The Bertz CT molecular complexity index is 1920. The average molecular weight is 868 g/mol. The molecule has 4 bridgehead atoms. The van der Waals surface area contributed by atoms with Gasteiger partial charge in [0.05, 0.1) is 37.1 Å². The molecule has 342 valence electrons. The Morgan fingerprint density at radius 3 is 2.42 bits per heavy atom. The quantitative estimate of drug-likeness (QED) is 0.273. The summed E-state index contributed by atoms with van der Waals surface area (Å²) in [7, 11) is 3.74. The molecular formula is C44H65N7O11. The molecular weight excluding hydrogens is 803 g/mol. The van der Waals surface area contributed by atoms with Crippen molar-refractivity contribution >= 4 is 29.1 Å². The number of carbonyl (C=O) groups excluding carboxylic acids is 3. The number of aliphatic imine (C=N–C) groups is 1. The van der Waals surface area contributed by atoms with Gasteiger partial charge in [0, 0.05) is 48.4 Å². The zero-order valence-electron chi connectivity index (χ0n) is 37.7. The highest BCUT2D eigenvalue weighted by atomic mass is 16.7. The van der Waals surface area contributed by atoms with Gasteiger partial charge in [0.25, 0.3) is 5.91 Å². The van der Waals surface area contributed by atoms with E-state index in [1.165, 1.54) is 13.8 Å². The van der Waals surface area contributed by atoms with Crippen molar-refractivity contribution < 1.29 is 53.1 Å². The Hall–Kier alpha value is -4.04. The van der Waals surface area contributed by atoms with Crippen molar-refractivity contribution in [2.24, 2.45) is 33.8 Å². The van der Waals surface area contributed by atoms with E-state index in [4.69, 9.17) is 33.5 Å². The maximum absolute atomic E-state index is 14.5. The number of ketones is 1. The summed E-state index contributed by atoms with van der Waals surface area (Å²) in [5.41, 5.74) is -1.71. The molecule has 0 aromatic carbocycles. The molecule has 4 aliphatic heterocycles. The number of likely N-dealkylation sites (N-methyl/N-ethyl adjacent to an activating group) is 1. The van der Waals surface area contributed by atoms with Crippen LogP contribution in [0.4, 0.5) is 0 Å². The molecule has 6 heterocycles. The lowest BCUT2D eigenvalue weighted by molar-refractivity contribution is -0.296. The third kappa shape index (κ3) is 10.3. The summed E-state index contributed by atoms with van der Waals surface area (Å²) in [6, 6.07) is 1.47. The minimum absolute atomic E-state index is 0.152. The van der Waals surface area contributed by atoms with Crippen LogP contribution >= 0.6 is 0 Å². The molecule has 0 saturated carbocycles. The van der Waals surface area contributed by atoms with Gasteiger partial charge in [-0.1, -0.05) is 32.9 Å². The van der Waals surface area contributed by atoms with Crippen LogP contribution in [0.5, 0.6) is 0 Å². The van der Waals surface area contributed by atoms with Crippen molar-refractivity contribution in [1.29, 1.82) is 0 Å². The van der Waals surface area contributed by atoms with E-state index < -0.39 is 89.3 Å². The van der Waals surface area contributed by atoms with Crippen LogP contribution in [0, 0.1) is 23.7 Å². The molecule has 3 saturated heterocycles. The number of cyclic esters (lactones) is 1. The number of nitrogens with zero attached hydrogens (tertiary/aromatic N) is 7. The second kappa shape index (κ2) is 19.8. The molecule has 1 amide bonds. The summed E-state index contributed by atoms with van der Waals surface area (Å²) in [5.74, 6) is -4.98. The van der Waals surface area contributed by atoms with Gasteiger partial charge >= 0.3 is 5.97 Å². The fourth-order valence-corrected chi connectivity index (χ4v) is 9.46. The van der Waals surface area contributed by atoms with Crippen molar-refractivity contribution in [2.45, 2.75) is 154 Å². The van der Waals surface area contributed by atoms with Crippen molar-refractivity contribution in [3.63, 3.8) is 0 Å². The summed E-state index contributed by atoms with van der Waals surface area (Å²) in [6.45, 7) is 13.5. The number of fused-ring (bicyclic) bond motifs is 4. The fourth-order valence-electron chi connectivity index (χ4n) is 9.46. The number of esters is 1. The van der Waals surface area contributed by atoms with Crippen LogP contribution in [0.25, 0.3) is 5.95 Å². The number of aliphatic hydroxyl groups excluding tert-OH is 1. The second-order valence-corrected chi connectivity index (χ2v) is 18.2. The monoisotopic (exact) mass is 867 g/mol. The molecule has 0 aliphatic carbocycles. The average Bonchev–Trinajstić information content (AvgIpc) is 3.77. The number of ether oxygens (including phenoxy) is 5. The van der Waals surface area contributed by atoms with Crippen LogP contribution in [-0.4, -0.2) is 151 Å². The highest BCUT2D eigenvalue weighted by Gasteiger charge is 2.53. The third-order valence-electron chi connectivity index (χ3n) is 13.0. The number of oxime groups is 1. The molecule has 2 N–H and O–H groups in total. The van der Waals surface area contributed by atoms with Gasteiger partial charge in [-0.3, -0.25) is 14.4 Å². The molecule has 1 unspecified atom stereocenters. The predicted octanol–water partition coefficient (Wildman–Crippen LogP) is 3.28. The Labute approximate surface area is 363 Å². The lowest BCUT2D eigenvalue weighted by Gasteiger charge is -2.47. The normalized spacial score (nSPS) is 38.6. The Balaban J connectivity index is 1.41. The summed E-state index contributed by atoms with van der Waals surface area (Å²) in [4.78, 5) is 64.4. The zero-order chi connectivity index (χ0) is 45.1. The van der Waals surface area contributed by atoms with E-state index in [1.807, 2.05) is 39.8 Å². The number of carbonyl (C=O) groups is 3. The van der Waals surface area contributed by atoms with Crippen LogP contribution in [0.1, 0.15) is 93.1 Å². The number of aryl methyl sites for hydroxylation is 1. The standard InChI is InChI=1S/C44H65N7O11/c1-11-33-44(8,56)38-26(4)34-24(2)19-43(7,37(27(5)35(52)28(6)40(55)60-33)61-41-36(53)31(50(9)10)18-25(3)59-41)58-23-30(22-57-38)49-62-32(39(54)48-34)15-12-14-29-20-45-42(46-21-29)51-17-13-16-47-51/h13,16-17,20-21,24-28,31-33,36-38,41,53,56H,11-12,14-15,18-19,22-23H2,1-10H3/b48-34?,49-30+/t24-,25-,26-,27+,28-,31+,32?,33-,36-,37-,38+,41+,43-,44-/m1/s1. The van der Waals surface area contributed by atoms with E-state index in [-0.39, 0.29) is 50.3 Å². The lowest BCUT2D eigenvalue weighted by atomic mass is 9.73. The first-order chi connectivity index (χ1) is 29.3. The van der Waals surface area contributed by atoms with Crippen LogP contribution in [0.3, 0.4) is 0 Å². The van der Waals surface area contributed by atoms with Crippen molar-refractivity contribution in [3.8, 4) is 5.95 Å². The number of aliphatic hydroxyl groups is 2. The molecule has 0 spiro atoms. The minimum atomic E-state index is -1.84. The van der Waals surface area contributed by atoms with E-state index >= 15 is 0 Å². The molecule has 6 rings (SSSR count). The predicted molar refractivity (Wildman–Crippen MR) is 225 cm³/mol. The maximum atomic E-state index is 14.5. The highest BCUT2D eigenvalue weighted by Crippen LogP contribution is 2.40. The van der Waals surface area contributed by atoms with Gasteiger partial charge in [0.15, 0.2) is 12.1 Å². The SMILES string of the molecule is CC[C@H]1OC(=O)[C@H](C)C(=O)[C@H](C)[C@@H](O[C@@H]2O[C@H](C)C[C@H](N(C)C)[C@H]2O)[C@@]2(C)C[C@@H](C)C3=NC(=O)C(CCCc4cnc(-n5cccn5)nc4)O/N=C(\CO[C@@H]([C@@H]3C)[C@]1(C)O)CO2. The summed E-state index contributed by atoms with van der Waals surface area (Å²) >= 11 is 0. The van der Waals surface area contributed by atoms with Gasteiger partial charge in [-0.15, -0.1) is 0 Å². The van der Waals surface area contributed by atoms with Gasteiger partial charge in [-0.2, -0.15) is 5.10 Å². The van der Waals surface area contributed by atoms with Crippen LogP contribution in [0.15, 0.2) is 41.0 Å². The zero-order valence-corrected chi connectivity index (χ0v) is 37.7. The van der Waals surface area contributed by atoms with E-state index in [1.54, 1.807) is 56.3 Å². The summed E-state index contributed by atoms with van der Waals surface area (Å²) in [5, 5.41) is 32.7. The van der Waals surface area contributed by atoms with Gasteiger partial charge in [-0.05, 0) is 97.9 Å². The number of aromatic nitrogens is 4. The Morgan fingerprint density at radius 1 is 1.03 bits per heavy atom. The lowest BCUT2D eigenvalue weighted by Crippen LogP contribution is -2.60. The topological polar surface area (TPSA) is 219 Å².